The number of nitrogens with zero attached hydrogens (tertiary/aromatic N) is 2. The summed E-state index contributed by atoms with van der Waals surface area (Å²) in [6, 6.07) is 0. The molecule has 0 fully saturated rings. The van der Waals surface area contributed by atoms with E-state index in [1.165, 1.54) is 0 Å². The largest absolute Gasteiger partial charge is 0.287 e. The quantitative estimate of drug-likeness (QED) is 0.504. The van der Waals surface area contributed by atoms with Crippen LogP contribution in [0.5, 0.6) is 0 Å². The third-order valence-corrected chi connectivity index (χ3v) is 3.22. The minimum Gasteiger partial charge on any atom is -0.287 e. The number of aryl methyl sites for hydroxylation is 1. The summed E-state index contributed by atoms with van der Waals surface area (Å²) in [5.41, 5.74) is 1.47. The fourth-order valence-corrected chi connectivity index (χ4v) is 2.50. The molecule has 1 aliphatic heterocycles. The highest BCUT2D eigenvalue weighted by molar-refractivity contribution is 7.99. The summed E-state index contributed by atoms with van der Waals surface area (Å²) in [6.07, 6.45) is 5.59. The molecule has 1 aliphatic rings. The molecule has 4 heteroatoms. The monoisotopic (exact) mass is 206 g/mol. The molecule has 3 nitrogen and oxygen atoms in total. The summed E-state index contributed by atoms with van der Waals surface area (Å²) in [4.78, 5) is 16.2. The topological polar surface area (TPSA) is 34.9 Å². The van der Waals surface area contributed by atoms with E-state index in [4.69, 9.17) is 6.42 Å². The van der Waals surface area contributed by atoms with Gasteiger partial charge in [-0.3, -0.25) is 9.36 Å². The SMILES string of the molecule is C#CCc1c(C)nc2n(c1=O)CCS2. The summed E-state index contributed by atoms with van der Waals surface area (Å²) in [5, 5.41) is 0.827. The Hall–Kier alpha value is -1.21. The van der Waals surface area contributed by atoms with Crippen molar-refractivity contribution >= 4 is 11.8 Å². The molecule has 0 aromatic carbocycles. The fraction of sp³-hybridized carbons (Fsp3) is 0.400. The van der Waals surface area contributed by atoms with Gasteiger partial charge in [-0.2, -0.15) is 0 Å². The van der Waals surface area contributed by atoms with Gasteiger partial charge in [0.1, 0.15) is 0 Å². The molecule has 0 radical (unpaired) electrons. The van der Waals surface area contributed by atoms with Crippen molar-refractivity contribution in [3.05, 3.63) is 21.6 Å². The van der Waals surface area contributed by atoms with Crippen molar-refractivity contribution in [2.45, 2.75) is 25.0 Å². The minimum absolute atomic E-state index is 0.0375. The van der Waals surface area contributed by atoms with Crippen molar-refractivity contribution in [1.29, 1.82) is 0 Å². The van der Waals surface area contributed by atoms with Crippen LogP contribution < -0.4 is 5.56 Å². The summed E-state index contributed by atoms with van der Waals surface area (Å²) < 4.78 is 1.71. The van der Waals surface area contributed by atoms with E-state index in [9.17, 15) is 4.79 Å². The second-order valence-electron chi connectivity index (χ2n) is 3.14. The summed E-state index contributed by atoms with van der Waals surface area (Å²) in [7, 11) is 0. The molecule has 72 valence electrons. The molecule has 0 bridgehead atoms. The van der Waals surface area contributed by atoms with E-state index >= 15 is 0 Å². The second-order valence-corrected chi connectivity index (χ2v) is 4.21. The molecule has 0 saturated heterocycles. The van der Waals surface area contributed by atoms with Crippen LogP contribution in [0.3, 0.4) is 0 Å². The molecule has 1 aromatic rings. The number of terminal acetylenes is 1. The first-order chi connectivity index (χ1) is 6.74. The number of hydrogen-bond acceptors (Lipinski definition) is 3. The smallest absolute Gasteiger partial charge is 0.258 e. The van der Waals surface area contributed by atoms with Gasteiger partial charge < -0.3 is 0 Å². The Kier molecular flexibility index (Phi) is 2.34. The van der Waals surface area contributed by atoms with Crippen molar-refractivity contribution in [2.75, 3.05) is 5.75 Å². The maximum absolute atomic E-state index is 11.9. The van der Waals surface area contributed by atoms with Gasteiger partial charge in [0.05, 0.1) is 5.56 Å². The fourth-order valence-electron chi connectivity index (χ4n) is 1.52. The van der Waals surface area contributed by atoms with Crippen molar-refractivity contribution in [3.63, 3.8) is 0 Å². The first kappa shape index (κ1) is 9.35. The van der Waals surface area contributed by atoms with Crippen LogP contribution in [-0.2, 0) is 13.0 Å². The molecule has 0 spiro atoms. The lowest BCUT2D eigenvalue weighted by molar-refractivity contribution is 0.639. The molecule has 0 unspecified atom stereocenters. The number of hydrogen-bond donors (Lipinski definition) is 0. The maximum Gasteiger partial charge on any atom is 0.258 e. The lowest BCUT2D eigenvalue weighted by Crippen LogP contribution is -2.25. The summed E-state index contributed by atoms with van der Waals surface area (Å²) in [5.74, 6) is 3.43. The van der Waals surface area contributed by atoms with E-state index in [1.807, 2.05) is 6.92 Å². The Balaban J connectivity index is 2.64. The van der Waals surface area contributed by atoms with Gasteiger partial charge in [-0.25, -0.2) is 4.98 Å². The van der Waals surface area contributed by atoms with Crippen LogP contribution >= 0.6 is 11.8 Å². The average Bonchev–Trinajstić information content (AvgIpc) is 2.60. The highest BCUT2D eigenvalue weighted by atomic mass is 32.2. The molecule has 1 aromatic heterocycles. The Morgan fingerprint density at radius 3 is 3.21 bits per heavy atom. The molecule has 0 saturated carbocycles. The van der Waals surface area contributed by atoms with E-state index in [0.29, 0.717) is 12.0 Å². The predicted molar refractivity (Wildman–Crippen MR) is 56.5 cm³/mol. The van der Waals surface area contributed by atoms with Crippen molar-refractivity contribution in [1.82, 2.24) is 9.55 Å². The highest BCUT2D eigenvalue weighted by Gasteiger charge is 2.17. The third kappa shape index (κ3) is 1.34. The molecular formula is C10H10N2OS. The highest BCUT2D eigenvalue weighted by Crippen LogP contribution is 2.21. The van der Waals surface area contributed by atoms with Crippen LogP contribution in [0.4, 0.5) is 0 Å². The van der Waals surface area contributed by atoms with Crippen molar-refractivity contribution in [2.24, 2.45) is 0 Å². The van der Waals surface area contributed by atoms with Gasteiger partial charge >= 0.3 is 0 Å². The normalized spacial score (nSPS) is 13.7. The van der Waals surface area contributed by atoms with Gasteiger partial charge in [-0.1, -0.05) is 11.8 Å². The molecule has 14 heavy (non-hydrogen) atoms. The lowest BCUT2D eigenvalue weighted by atomic mass is 10.2. The van der Waals surface area contributed by atoms with Gasteiger partial charge in [0.2, 0.25) is 0 Å². The Morgan fingerprint density at radius 1 is 1.71 bits per heavy atom. The van der Waals surface area contributed by atoms with E-state index in [1.54, 1.807) is 16.3 Å². The lowest BCUT2D eigenvalue weighted by Gasteiger charge is -2.05. The number of aromatic nitrogens is 2. The van der Waals surface area contributed by atoms with E-state index in [0.717, 1.165) is 23.1 Å². The summed E-state index contributed by atoms with van der Waals surface area (Å²) >= 11 is 1.62. The van der Waals surface area contributed by atoms with Gasteiger partial charge in [0.25, 0.3) is 5.56 Å². The summed E-state index contributed by atoms with van der Waals surface area (Å²) in [6.45, 7) is 2.59. The maximum atomic E-state index is 11.9. The molecule has 0 atom stereocenters. The van der Waals surface area contributed by atoms with Crippen LogP contribution in [-0.4, -0.2) is 15.3 Å². The van der Waals surface area contributed by atoms with Crippen LogP contribution in [0.25, 0.3) is 0 Å². The second kappa shape index (κ2) is 3.50. The zero-order valence-electron chi connectivity index (χ0n) is 7.91. The number of fused-ring (bicyclic) bond motifs is 1. The van der Waals surface area contributed by atoms with Crippen LogP contribution in [0.15, 0.2) is 9.95 Å². The third-order valence-electron chi connectivity index (χ3n) is 2.26. The van der Waals surface area contributed by atoms with Gasteiger partial charge in [-0.05, 0) is 6.92 Å². The number of thioether (sulfide) groups is 1. The average molecular weight is 206 g/mol. The standard InChI is InChI=1S/C10H10N2OS/c1-3-4-8-7(2)11-10-12(9(8)13)5-6-14-10/h1H,4-6H2,2H3. The molecular weight excluding hydrogens is 196 g/mol. The zero-order valence-corrected chi connectivity index (χ0v) is 8.73. The molecule has 2 rings (SSSR count). The van der Waals surface area contributed by atoms with E-state index < -0.39 is 0 Å². The number of rotatable bonds is 1. The van der Waals surface area contributed by atoms with Gasteiger partial charge in [0.15, 0.2) is 5.16 Å². The first-order valence-electron chi connectivity index (χ1n) is 4.40. The van der Waals surface area contributed by atoms with Crippen LogP contribution in [0, 0.1) is 19.3 Å². The molecule has 2 heterocycles. The zero-order chi connectivity index (χ0) is 10.1. The Labute approximate surface area is 86.5 Å². The molecule has 0 N–H and O–H groups in total. The van der Waals surface area contributed by atoms with Crippen LogP contribution in [0.2, 0.25) is 0 Å². The molecule has 0 aliphatic carbocycles. The van der Waals surface area contributed by atoms with Crippen LogP contribution in [0.1, 0.15) is 11.3 Å². The van der Waals surface area contributed by atoms with Gasteiger partial charge in [0, 0.05) is 24.4 Å². The Bertz CT molecular complexity index is 470. The first-order valence-corrected chi connectivity index (χ1v) is 5.39. The van der Waals surface area contributed by atoms with Gasteiger partial charge in [-0.15, -0.1) is 12.3 Å². The van der Waals surface area contributed by atoms with E-state index in [2.05, 4.69) is 10.9 Å². The predicted octanol–water partition coefficient (Wildman–Crippen LogP) is 0.833. The Morgan fingerprint density at radius 2 is 2.50 bits per heavy atom. The molecule has 0 amide bonds. The van der Waals surface area contributed by atoms with E-state index in [-0.39, 0.29) is 5.56 Å². The van der Waals surface area contributed by atoms with Crippen molar-refractivity contribution < 1.29 is 0 Å². The van der Waals surface area contributed by atoms with Crippen molar-refractivity contribution in [3.8, 4) is 12.3 Å². The minimum atomic E-state index is 0.0375.